The Morgan fingerprint density at radius 3 is 2.56 bits per heavy atom. The Balaban J connectivity index is 1.04. The molecule has 0 unspecified atom stereocenters. The highest BCUT2D eigenvalue weighted by atomic mass is 19.2. The number of fused-ring (bicyclic) bond motifs is 1. The molecule has 12 heteroatoms. The highest BCUT2D eigenvalue weighted by Crippen LogP contribution is 2.29. The van der Waals surface area contributed by atoms with Crippen molar-refractivity contribution < 1.29 is 23.0 Å². The van der Waals surface area contributed by atoms with Crippen molar-refractivity contribution in [3.63, 3.8) is 0 Å². The SMILES string of the molecule is O=C(CC/C=C/c1cc(OC2CCNCC2)c2nc(Cc3ccc(N4CCOCC4)cc3)ncc2c1)c1cncn(Cc2ccc(F)c(F)c2)c1=O. The van der Waals surface area contributed by atoms with E-state index in [1.165, 1.54) is 28.8 Å². The Kier molecular flexibility index (Phi) is 11.0. The molecule has 3 aromatic carbocycles. The lowest BCUT2D eigenvalue weighted by Crippen LogP contribution is -2.36. The summed E-state index contributed by atoms with van der Waals surface area (Å²) in [6.07, 6.45) is 11.1. The fraction of sp³-hybridized carbons (Fsp3) is 0.325. The molecule has 2 fully saturated rings. The molecule has 1 N–H and O–H groups in total. The number of anilines is 1. The van der Waals surface area contributed by atoms with Crippen molar-refractivity contribution >= 4 is 28.4 Å². The predicted octanol–water partition coefficient (Wildman–Crippen LogP) is 5.75. The molecule has 2 aliphatic rings. The molecule has 0 atom stereocenters. The fourth-order valence-electron chi connectivity index (χ4n) is 6.52. The van der Waals surface area contributed by atoms with Crippen LogP contribution in [0.4, 0.5) is 14.5 Å². The third-order valence-electron chi connectivity index (χ3n) is 9.36. The summed E-state index contributed by atoms with van der Waals surface area (Å²) in [5, 5.41) is 4.23. The molecule has 268 valence electrons. The van der Waals surface area contributed by atoms with Crippen LogP contribution in [-0.2, 0) is 17.7 Å². The molecule has 0 saturated carbocycles. The van der Waals surface area contributed by atoms with Crippen LogP contribution in [-0.4, -0.2) is 70.8 Å². The van der Waals surface area contributed by atoms with E-state index >= 15 is 0 Å². The van der Waals surface area contributed by atoms with Crippen molar-refractivity contribution in [3.8, 4) is 5.75 Å². The molecule has 0 aliphatic carbocycles. The normalized spacial score (nSPS) is 15.4. The second kappa shape index (κ2) is 16.3. The van der Waals surface area contributed by atoms with E-state index in [1.807, 2.05) is 30.5 Å². The van der Waals surface area contributed by atoms with Crippen molar-refractivity contribution in [3.05, 3.63) is 129 Å². The van der Waals surface area contributed by atoms with Gasteiger partial charge >= 0.3 is 0 Å². The standard InChI is InChI=1S/C40H40F2N6O4/c41-34-10-7-29(20-35(34)42)25-48-26-44-24-33(40(48)50)36(49)4-2-1-3-28-19-30-23-45-38(46-39(30)37(21-28)52-32-11-13-43-14-12-32)22-27-5-8-31(9-6-27)47-15-17-51-18-16-47/h1,3,5-10,19-21,23-24,26,32,43H,2,4,11-18,22,25H2/b3-1+. The molecule has 7 rings (SSSR count). The van der Waals surface area contributed by atoms with Crippen LogP contribution in [0.5, 0.6) is 5.75 Å². The predicted molar refractivity (Wildman–Crippen MR) is 195 cm³/mol. The Morgan fingerprint density at radius 1 is 0.981 bits per heavy atom. The number of ether oxygens (including phenoxy) is 2. The van der Waals surface area contributed by atoms with Crippen LogP contribution < -0.4 is 20.5 Å². The molecule has 2 aliphatic heterocycles. The number of ketones is 1. The number of hydrogen-bond donors (Lipinski definition) is 1. The smallest absolute Gasteiger partial charge is 0.264 e. The van der Waals surface area contributed by atoms with E-state index in [4.69, 9.17) is 19.4 Å². The van der Waals surface area contributed by atoms with E-state index in [0.717, 1.165) is 86.4 Å². The lowest BCUT2D eigenvalue weighted by Gasteiger charge is -2.28. The summed E-state index contributed by atoms with van der Waals surface area (Å²) in [7, 11) is 0. The number of benzene rings is 3. The average molecular weight is 707 g/mol. The first-order valence-corrected chi connectivity index (χ1v) is 17.7. The van der Waals surface area contributed by atoms with E-state index < -0.39 is 17.2 Å². The topological polar surface area (TPSA) is 111 Å². The number of nitrogens with zero attached hydrogens (tertiary/aromatic N) is 5. The van der Waals surface area contributed by atoms with Gasteiger partial charge in [-0.25, -0.2) is 23.7 Å². The molecular weight excluding hydrogens is 666 g/mol. The lowest BCUT2D eigenvalue weighted by molar-refractivity contribution is 0.0981. The van der Waals surface area contributed by atoms with Crippen molar-refractivity contribution in [2.75, 3.05) is 44.3 Å². The monoisotopic (exact) mass is 706 g/mol. The van der Waals surface area contributed by atoms with Gasteiger partial charge in [0.05, 0.1) is 26.1 Å². The molecule has 0 amide bonds. The van der Waals surface area contributed by atoms with Gasteiger partial charge in [0, 0.05) is 49.4 Å². The van der Waals surface area contributed by atoms with Crippen molar-refractivity contribution in [1.82, 2.24) is 24.8 Å². The summed E-state index contributed by atoms with van der Waals surface area (Å²) in [6.45, 7) is 5.02. The van der Waals surface area contributed by atoms with Gasteiger partial charge in [0.25, 0.3) is 5.56 Å². The summed E-state index contributed by atoms with van der Waals surface area (Å²) >= 11 is 0. The maximum Gasteiger partial charge on any atom is 0.264 e. The van der Waals surface area contributed by atoms with Gasteiger partial charge in [0.15, 0.2) is 17.4 Å². The van der Waals surface area contributed by atoms with Crippen LogP contribution in [0.1, 0.15) is 58.6 Å². The van der Waals surface area contributed by atoms with Gasteiger partial charge in [-0.2, -0.15) is 0 Å². The number of aromatic nitrogens is 4. The molecule has 2 saturated heterocycles. The molecule has 4 heterocycles. The summed E-state index contributed by atoms with van der Waals surface area (Å²) in [5.74, 6) is -0.925. The summed E-state index contributed by atoms with van der Waals surface area (Å²) in [5.41, 5.74) is 3.75. The molecule has 10 nitrogen and oxygen atoms in total. The molecule has 52 heavy (non-hydrogen) atoms. The van der Waals surface area contributed by atoms with Gasteiger partial charge in [-0.15, -0.1) is 0 Å². The summed E-state index contributed by atoms with van der Waals surface area (Å²) in [4.78, 5) is 42.1. The summed E-state index contributed by atoms with van der Waals surface area (Å²) < 4.78 is 40.3. The minimum atomic E-state index is -1.01. The second-order valence-corrected chi connectivity index (χ2v) is 13.1. The van der Waals surface area contributed by atoms with Crippen LogP contribution in [0.25, 0.3) is 17.0 Å². The Hall–Kier alpha value is -5.33. The second-order valence-electron chi connectivity index (χ2n) is 13.1. The van der Waals surface area contributed by atoms with Crippen LogP contribution in [0, 0.1) is 11.6 Å². The fourth-order valence-corrected chi connectivity index (χ4v) is 6.52. The number of carbonyl (C=O) groups excluding carboxylic acids is 1. The number of halogens is 2. The maximum absolute atomic E-state index is 13.7. The van der Waals surface area contributed by atoms with E-state index in [9.17, 15) is 18.4 Å². The molecule has 5 aromatic rings. The van der Waals surface area contributed by atoms with Crippen molar-refractivity contribution in [1.29, 1.82) is 0 Å². The van der Waals surface area contributed by atoms with Crippen molar-refractivity contribution in [2.45, 2.75) is 44.8 Å². The van der Waals surface area contributed by atoms with Crippen LogP contribution >= 0.6 is 0 Å². The number of nitrogens with one attached hydrogen (secondary N) is 1. The van der Waals surface area contributed by atoms with Gasteiger partial charge in [0.1, 0.15) is 28.8 Å². The molecule has 0 radical (unpaired) electrons. The van der Waals surface area contributed by atoms with E-state index in [-0.39, 0.29) is 30.4 Å². The van der Waals surface area contributed by atoms with Crippen molar-refractivity contribution in [2.24, 2.45) is 0 Å². The highest BCUT2D eigenvalue weighted by molar-refractivity contribution is 5.95. The number of hydrogen-bond acceptors (Lipinski definition) is 9. The van der Waals surface area contributed by atoms with Gasteiger partial charge in [-0.3, -0.25) is 14.2 Å². The van der Waals surface area contributed by atoms with Gasteiger partial charge in [-0.05, 0) is 85.4 Å². The molecule has 0 spiro atoms. The first-order valence-electron chi connectivity index (χ1n) is 17.7. The maximum atomic E-state index is 13.7. The Morgan fingerprint density at radius 2 is 1.77 bits per heavy atom. The quantitative estimate of drug-likeness (QED) is 0.162. The minimum absolute atomic E-state index is 0.0402. The Labute approximate surface area is 300 Å². The Bertz CT molecular complexity index is 2130. The van der Waals surface area contributed by atoms with Crippen LogP contribution in [0.3, 0.4) is 0 Å². The molecule has 2 aromatic heterocycles. The van der Waals surface area contributed by atoms with Crippen LogP contribution in [0.2, 0.25) is 0 Å². The zero-order valence-electron chi connectivity index (χ0n) is 28.8. The zero-order valence-corrected chi connectivity index (χ0v) is 28.8. The lowest BCUT2D eigenvalue weighted by atomic mass is 10.1. The number of rotatable bonds is 12. The number of allylic oxidation sites excluding steroid dienone is 1. The number of Topliss-reactive ketones (excluding diaryl/α,β-unsaturated/α-hetero) is 1. The average Bonchev–Trinajstić information content (AvgIpc) is 3.17. The van der Waals surface area contributed by atoms with Gasteiger partial charge in [-0.1, -0.05) is 30.4 Å². The molecule has 0 bridgehead atoms. The number of morpholine rings is 1. The third kappa shape index (κ3) is 8.58. The van der Waals surface area contributed by atoms with E-state index in [0.29, 0.717) is 30.0 Å². The van der Waals surface area contributed by atoms with Gasteiger partial charge < -0.3 is 19.7 Å². The first kappa shape index (κ1) is 35.1. The number of piperidine rings is 1. The first-order chi connectivity index (χ1) is 25.4. The van der Waals surface area contributed by atoms with Crippen LogP contribution in [0.15, 0.2) is 84.2 Å². The van der Waals surface area contributed by atoms with E-state index in [1.54, 1.807) is 0 Å². The third-order valence-corrected chi connectivity index (χ3v) is 9.36. The highest BCUT2D eigenvalue weighted by Gasteiger charge is 2.18. The van der Waals surface area contributed by atoms with Gasteiger partial charge in [0.2, 0.25) is 0 Å². The largest absolute Gasteiger partial charge is 0.488 e. The minimum Gasteiger partial charge on any atom is -0.488 e. The van der Waals surface area contributed by atoms with E-state index in [2.05, 4.69) is 39.5 Å². The molecular formula is C40H40F2N6O4. The number of carbonyl (C=O) groups is 1. The zero-order chi connectivity index (χ0) is 35.9. The summed E-state index contributed by atoms with van der Waals surface area (Å²) in [6, 6.07) is 15.9.